The number of phenolic OH excluding ortho intramolecular Hbond substituents is 1. The Balaban J connectivity index is 1.71. The lowest BCUT2D eigenvalue weighted by atomic mass is 10.1. The normalized spacial score (nSPS) is 11.6. The second-order valence-electron chi connectivity index (χ2n) is 6.99. The minimum atomic E-state index is 0.232. The van der Waals surface area contributed by atoms with Gasteiger partial charge in [-0.2, -0.15) is 0 Å². The van der Waals surface area contributed by atoms with Crippen LogP contribution in [0, 0.1) is 0 Å². The summed E-state index contributed by atoms with van der Waals surface area (Å²) in [7, 11) is 0. The van der Waals surface area contributed by atoms with Crippen LogP contribution in [0.5, 0.6) is 5.75 Å². The molecule has 4 nitrogen and oxygen atoms in total. The van der Waals surface area contributed by atoms with Gasteiger partial charge in [-0.05, 0) is 30.7 Å². The first-order valence-corrected chi connectivity index (χ1v) is 10.1. The Hall–Kier alpha value is -2.62. The Morgan fingerprint density at radius 3 is 2.44 bits per heavy atom. The molecule has 142 valence electrons. The standard InChI is InChI=1S/C23H29N3O/c1-2-3-4-5-6-7-12-17-26-21-15-10-9-14-20(21)25-23(26)24-18-19-13-8-11-16-22(19)27/h8-11,13-16,18,27H,2-7,12,17H2,1H3. The number of benzene rings is 2. The van der Waals surface area contributed by atoms with E-state index in [2.05, 4.69) is 27.5 Å². The highest BCUT2D eigenvalue weighted by Crippen LogP contribution is 2.23. The van der Waals surface area contributed by atoms with Crippen molar-refractivity contribution in [1.82, 2.24) is 9.55 Å². The number of imidazole rings is 1. The lowest BCUT2D eigenvalue weighted by molar-refractivity contribution is 0.474. The quantitative estimate of drug-likeness (QED) is 0.342. The molecule has 3 rings (SSSR count). The molecule has 0 aliphatic heterocycles. The van der Waals surface area contributed by atoms with Gasteiger partial charge in [0.05, 0.1) is 11.0 Å². The highest BCUT2D eigenvalue weighted by Gasteiger charge is 2.09. The van der Waals surface area contributed by atoms with Crippen molar-refractivity contribution in [3.8, 4) is 5.75 Å². The predicted octanol–water partition coefficient (Wildman–Crippen LogP) is 6.24. The molecule has 0 radical (unpaired) electrons. The van der Waals surface area contributed by atoms with Crippen molar-refractivity contribution in [1.29, 1.82) is 0 Å². The average Bonchev–Trinajstić information content (AvgIpc) is 3.04. The zero-order valence-electron chi connectivity index (χ0n) is 16.1. The van der Waals surface area contributed by atoms with E-state index in [0.717, 1.165) is 24.0 Å². The summed E-state index contributed by atoms with van der Waals surface area (Å²) in [5.41, 5.74) is 2.78. The Labute approximate surface area is 161 Å². The summed E-state index contributed by atoms with van der Waals surface area (Å²) in [6.07, 6.45) is 10.7. The number of aryl methyl sites for hydroxylation is 1. The minimum Gasteiger partial charge on any atom is -0.507 e. The molecule has 0 fully saturated rings. The van der Waals surface area contributed by atoms with E-state index in [9.17, 15) is 5.11 Å². The van der Waals surface area contributed by atoms with Gasteiger partial charge in [0.15, 0.2) is 0 Å². The smallest absolute Gasteiger partial charge is 0.230 e. The maximum atomic E-state index is 9.94. The predicted molar refractivity (Wildman–Crippen MR) is 113 cm³/mol. The molecule has 0 atom stereocenters. The first-order chi connectivity index (χ1) is 13.3. The molecule has 0 bridgehead atoms. The molecule has 1 N–H and O–H groups in total. The Bertz CT molecular complexity index is 882. The number of aromatic nitrogens is 2. The fourth-order valence-corrected chi connectivity index (χ4v) is 3.33. The SMILES string of the molecule is CCCCCCCCCn1c(N=Cc2ccccc2O)nc2ccccc21. The van der Waals surface area contributed by atoms with Crippen molar-refractivity contribution < 1.29 is 5.11 Å². The second kappa shape index (κ2) is 9.91. The Kier molecular flexibility index (Phi) is 7.03. The second-order valence-corrected chi connectivity index (χ2v) is 6.99. The van der Waals surface area contributed by atoms with E-state index in [1.54, 1.807) is 12.3 Å². The number of rotatable bonds is 10. The summed E-state index contributed by atoms with van der Waals surface area (Å²) in [4.78, 5) is 9.26. The number of para-hydroxylation sites is 3. The molecule has 0 aliphatic rings. The summed E-state index contributed by atoms with van der Waals surface area (Å²) >= 11 is 0. The van der Waals surface area contributed by atoms with E-state index in [-0.39, 0.29) is 5.75 Å². The summed E-state index contributed by atoms with van der Waals surface area (Å²) in [6, 6.07) is 15.4. The molecule has 27 heavy (non-hydrogen) atoms. The van der Waals surface area contributed by atoms with Gasteiger partial charge in [-0.25, -0.2) is 9.98 Å². The maximum Gasteiger partial charge on any atom is 0.230 e. The van der Waals surface area contributed by atoms with Gasteiger partial charge < -0.3 is 9.67 Å². The van der Waals surface area contributed by atoms with Gasteiger partial charge in [-0.1, -0.05) is 69.7 Å². The third-order valence-corrected chi connectivity index (χ3v) is 4.88. The van der Waals surface area contributed by atoms with Crippen LogP contribution in [-0.2, 0) is 6.54 Å². The van der Waals surface area contributed by atoms with E-state index in [1.165, 1.54) is 38.5 Å². The van der Waals surface area contributed by atoms with Crippen molar-refractivity contribution in [2.75, 3.05) is 0 Å². The Morgan fingerprint density at radius 2 is 1.63 bits per heavy atom. The van der Waals surface area contributed by atoms with Crippen molar-refractivity contribution >= 4 is 23.2 Å². The summed E-state index contributed by atoms with van der Waals surface area (Å²) < 4.78 is 2.19. The molecular weight excluding hydrogens is 334 g/mol. The summed E-state index contributed by atoms with van der Waals surface area (Å²) in [5.74, 6) is 0.932. The number of hydrogen-bond acceptors (Lipinski definition) is 3. The fourth-order valence-electron chi connectivity index (χ4n) is 3.33. The summed E-state index contributed by atoms with van der Waals surface area (Å²) in [5, 5.41) is 9.94. The maximum absolute atomic E-state index is 9.94. The lowest BCUT2D eigenvalue weighted by Crippen LogP contribution is -1.98. The average molecular weight is 364 g/mol. The first kappa shape index (κ1) is 19.2. The molecule has 0 aliphatic carbocycles. The van der Waals surface area contributed by atoms with E-state index in [0.29, 0.717) is 11.5 Å². The van der Waals surface area contributed by atoms with Gasteiger partial charge in [-0.15, -0.1) is 0 Å². The van der Waals surface area contributed by atoms with Gasteiger partial charge >= 0.3 is 0 Å². The summed E-state index contributed by atoms with van der Waals surface area (Å²) in [6.45, 7) is 3.17. The molecule has 0 amide bonds. The monoisotopic (exact) mass is 363 g/mol. The number of aliphatic imine (C=N–C) groups is 1. The van der Waals surface area contributed by atoms with Gasteiger partial charge in [0, 0.05) is 18.3 Å². The molecule has 3 aromatic rings. The van der Waals surface area contributed by atoms with E-state index >= 15 is 0 Å². The third-order valence-electron chi connectivity index (χ3n) is 4.88. The van der Waals surface area contributed by atoms with Crippen molar-refractivity contribution in [3.63, 3.8) is 0 Å². The van der Waals surface area contributed by atoms with E-state index in [1.807, 2.05) is 36.4 Å². The van der Waals surface area contributed by atoms with Gasteiger partial charge in [0.1, 0.15) is 5.75 Å². The van der Waals surface area contributed by atoms with Crippen LogP contribution in [0.25, 0.3) is 11.0 Å². The Morgan fingerprint density at radius 1 is 0.926 bits per heavy atom. The number of nitrogens with zero attached hydrogens (tertiary/aromatic N) is 3. The fraction of sp³-hybridized carbons (Fsp3) is 0.391. The molecule has 0 saturated heterocycles. The van der Waals surface area contributed by atoms with Gasteiger partial charge in [0.25, 0.3) is 0 Å². The number of aromatic hydroxyl groups is 1. The third kappa shape index (κ3) is 5.19. The van der Waals surface area contributed by atoms with Crippen LogP contribution in [0.4, 0.5) is 5.95 Å². The lowest BCUT2D eigenvalue weighted by Gasteiger charge is -2.07. The van der Waals surface area contributed by atoms with Crippen molar-refractivity contribution in [3.05, 3.63) is 54.1 Å². The molecular formula is C23H29N3O. The van der Waals surface area contributed by atoms with Crippen LogP contribution in [0.1, 0.15) is 57.4 Å². The largest absolute Gasteiger partial charge is 0.507 e. The van der Waals surface area contributed by atoms with Gasteiger partial charge in [0.2, 0.25) is 5.95 Å². The molecule has 0 unspecified atom stereocenters. The van der Waals surface area contributed by atoms with Gasteiger partial charge in [-0.3, -0.25) is 0 Å². The molecule has 0 saturated carbocycles. The van der Waals surface area contributed by atoms with Crippen LogP contribution < -0.4 is 0 Å². The molecule has 4 heteroatoms. The number of fused-ring (bicyclic) bond motifs is 1. The van der Waals surface area contributed by atoms with Crippen LogP contribution in [0.15, 0.2) is 53.5 Å². The number of phenols is 1. The highest BCUT2D eigenvalue weighted by atomic mass is 16.3. The zero-order valence-corrected chi connectivity index (χ0v) is 16.1. The van der Waals surface area contributed by atoms with Crippen LogP contribution in [0.2, 0.25) is 0 Å². The van der Waals surface area contributed by atoms with E-state index < -0.39 is 0 Å². The topological polar surface area (TPSA) is 50.4 Å². The molecule has 1 heterocycles. The van der Waals surface area contributed by atoms with Crippen LogP contribution >= 0.6 is 0 Å². The zero-order chi connectivity index (χ0) is 18.9. The first-order valence-electron chi connectivity index (χ1n) is 10.1. The molecule has 0 spiro atoms. The van der Waals surface area contributed by atoms with Crippen molar-refractivity contribution in [2.45, 2.75) is 58.4 Å². The molecule has 2 aromatic carbocycles. The van der Waals surface area contributed by atoms with Crippen LogP contribution in [0.3, 0.4) is 0 Å². The number of hydrogen-bond donors (Lipinski definition) is 1. The van der Waals surface area contributed by atoms with Crippen LogP contribution in [-0.4, -0.2) is 20.9 Å². The highest BCUT2D eigenvalue weighted by molar-refractivity contribution is 5.86. The van der Waals surface area contributed by atoms with E-state index in [4.69, 9.17) is 0 Å². The minimum absolute atomic E-state index is 0.232. The number of unbranched alkanes of at least 4 members (excludes halogenated alkanes) is 6. The van der Waals surface area contributed by atoms with Crippen molar-refractivity contribution in [2.24, 2.45) is 4.99 Å². The molecule has 1 aromatic heterocycles.